The van der Waals surface area contributed by atoms with E-state index in [2.05, 4.69) is 16.7 Å². The highest BCUT2D eigenvalue weighted by Gasteiger charge is 2.30. The summed E-state index contributed by atoms with van der Waals surface area (Å²) >= 11 is 1.55. The second-order valence-corrected chi connectivity index (χ2v) is 11.6. The summed E-state index contributed by atoms with van der Waals surface area (Å²) in [6.07, 6.45) is 2.33. The molecule has 8 nitrogen and oxygen atoms in total. The van der Waals surface area contributed by atoms with Crippen molar-refractivity contribution in [3.63, 3.8) is 0 Å². The van der Waals surface area contributed by atoms with Crippen LogP contribution in [0.25, 0.3) is 0 Å². The van der Waals surface area contributed by atoms with Gasteiger partial charge in [-0.15, -0.1) is 0 Å². The molecule has 2 saturated heterocycles. The molecule has 2 aliphatic rings. The Balaban J connectivity index is 1.22. The maximum absolute atomic E-state index is 14.3. The van der Waals surface area contributed by atoms with E-state index in [9.17, 15) is 14.0 Å². The van der Waals surface area contributed by atoms with Crippen LogP contribution in [0.2, 0.25) is 0 Å². The molecule has 2 fully saturated rings. The van der Waals surface area contributed by atoms with Crippen molar-refractivity contribution >= 4 is 35.1 Å². The molecule has 0 N–H and O–H groups in total. The lowest BCUT2D eigenvalue weighted by atomic mass is 9.97. The van der Waals surface area contributed by atoms with Crippen LogP contribution in [0.5, 0.6) is 0 Å². The van der Waals surface area contributed by atoms with Gasteiger partial charge in [0.15, 0.2) is 5.16 Å². The van der Waals surface area contributed by atoms with Crippen LogP contribution in [0, 0.1) is 11.7 Å². The Kier molecular flexibility index (Phi) is 9.94. The fourth-order valence-corrected chi connectivity index (χ4v) is 6.31. The number of benzene rings is 2. The van der Waals surface area contributed by atoms with Gasteiger partial charge in [0.2, 0.25) is 0 Å². The summed E-state index contributed by atoms with van der Waals surface area (Å²) in [5, 5.41) is 0.700. The molecule has 1 amide bonds. The predicted octanol–water partition coefficient (Wildman–Crippen LogP) is 5.21. The number of nitrogens with zero attached hydrogens (tertiary/aromatic N) is 5. The summed E-state index contributed by atoms with van der Waals surface area (Å²) in [5.74, 6) is 0.782. The number of piperidine rings is 1. The lowest BCUT2D eigenvalue weighted by Gasteiger charge is -2.37. The molecule has 3 heterocycles. The monoisotopic (exact) mass is 591 g/mol. The van der Waals surface area contributed by atoms with Gasteiger partial charge in [0.25, 0.3) is 5.91 Å². The van der Waals surface area contributed by atoms with Crippen LogP contribution in [-0.2, 0) is 21.7 Å². The Bertz CT molecular complexity index is 1400. The number of thioether (sulfide) groups is 1. The van der Waals surface area contributed by atoms with E-state index in [0.717, 1.165) is 49.4 Å². The number of hydrogen-bond acceptors (Lipinski definition) is 8. The Morgan fingerprint density at radius 3 is 2.52 bits per heavy atom. The van der Waals surface area contributed by atoms with Crippen LogP contribution in [-0.4, -0.2) is 72.6 Å². The molecule has 0 spiro atoms. The number of likely N-dealkylation sites (tertiary alicyclic amines) is 1. The average Bonchev–Trinajstić information content (AvgIpc) is 3.04. The van der Waals surface area contributed by atoms with E-state index in [0.29, 0.717) is 54.9 Å². The first-order valence-corrected chi connectivity index (χ1v) is 15.7. The van der Waals surface area contributed by atoms with Crippen LogP contribution in [0.4, 0.5) is 15.9 Å². The SMILES string of the molecule is CCOC(=O)[C@@H]1CCCN(C(=O)c2cccc(CSc3nc(CC)cc(N4CCN(c5ccccc5F)CC4)n3)c2)C1. The molecular formula is C32H38FN5O3S. The van der Waals surface area contributed by atoms with Crippen molar-refractivity contribution in [2.45, 2.75) is 44.0 Å². The van der Waals surface area contributed by atoms with Gasteiger partial charge in [0, 0.05) is 62.3 Å². The van der Waals surface area contributed by atoms with E-state index in [-0.39, 0.29) is 23.6 Å². The second kappa shape index (κ2) is 14.0. The maximum Gasteiger partial charge on any atom is 0.310 e. The zero-order valence-corrected chi connectivity index (χ0v) is 25.1. The molecule has 0 radical (unpaired) electrons. The highest BCUT2D eigenvalue weighted by Crippen LogP contribution is 2.27. The van der Waals surface area contributed by atoms with Crippen molar-refractivity contribution in [1.82, 2.24) is 14.9 Å². The molecule has 0 saturated carbocycles. The van der Waals surface area contributed by atoms with Gasteiger partial charge in [-0.05, 0) is 56.0 Å². The van der Waals surface area contributed by atoms with Gasteiger partial charge < -0.3 is 19.4 Å². The van der Waals surface area contributed by atoms with Crippen molar-refractivity contribution < 1.29 is 18.7 Å². The molecule has 42 heavy (non-hydrogen) atoms. The fraction of sp³-hybridized carbons (Fsp3) is 0.438. The topological polar surface area (TPSA) is 78.9 Å². The largest absolute Gasteiger partial charge is 0.466 e. The van der Waals surface area contributed by atoms with Crippen LogP contribution in [0.1, 0.15) is 48.3 Å². The third kappa shape index (κ3) is 7.21. The van der Waals surface area contributed by atoms with Crippen LogP contribution >= 0.6 is 11.8 Å². The number of anilines is 2. The number of carbonyl (C=O) groups excluding carboxylic acids is 2. The molecular weight excluding hydrogens is 553 g/mol. The third-order valence-corrected chi connectivity index (χ3v) is 8.69. The molecule has 3 aromatic rings. The first-order valence-electron chi connectivity index (χ1n) is 14.7. The number of rotatable bonds is 9. The Morgan fingerprint density at radius 2 is 1.76 bits per heavy atom. The van der Waals surface area contributed by atoms with Crippen LogP contribution in [0.15, 0.2) is 59.8 Å². The summed E-state index contributed by atoms with van der Waals surface area (Å²) in [6.45, 7) is 8.19. The number of amides is 1. The highest BCUT2D eigenvalue weighted by atomic mass is 32.2. The molecule has 10 heteroatoms. The van der Waals surface area contributed by atoms with Gasteiger partial charge in [-0.3, -0.25) is 9.59 Å². The highest BCUT2D eigenvalue weighted by molar-refractivity contribution is 7.98. The van der Waals surface area contributed by atoms with Crippen molar-refractivity contribution in [3.05, 3.63) is 77.2 Å². The van der Waals surface area contributed by atoms with E-state index >= 15 is 0 Å². The van der Waals surface area contributed by atoms with Crippen molar-refractivity contribution in [2.75, 3.05) is 55.7 Å². The predicted molar refractivity (Wildman–Crippen MR) is 163 cm³/mol. The van der Waals surface area contributed by atoms with Gasteiger partial charge >= 0.3 is 5.97 Å². The first-order chi connectivity index (χ1) is 20.4. The number of ether oxygens (including phenoxy) is 1. The fourth-order valence-electron chi connectivity index (χ4n) is 5.49. The lowest BCUT2D eigenvalue weighted by Crippen LogP contribution is -2.47. The molecule has 5 rings (SSSR count). The van der Waals surface area contributed by atoms with Gasteiger partial charge in [0.05, 0.1) is 18.2 Å². The van der Waals surface area contributed by atoms with E-state index in [1.165, 1.54) is 6.07 Å². The van der Waals surface area contributed by atoms with E-state index in [1.54, 1.807) is 29.7 Å². The molecule has 1 aromatic heterocycles. The smallest absolute Gasteiger partial charge is 0.310 e. The molecule has 0 bridgehead atoms. The van der Waals surface area contributed by atoms with Gasteiger partial charge in [-0.2, -0.15) is 0 Å². The minimum atomic E-state index is -0.263. The molecule has 1 atom stereocenters. The number of aromatic nitrogens is 2. The molecule has 0 unspecified atom stereocenters. The number of aryl methyl sites for hydroxylation is 1. The van der Waals surface area contributed by atoms with Crippen LogP contribution in [0.3, 0.4) is 0 Å². The van der Waals surface area contributed by atoms with E-state index in [4.69, 9.17) is 14.7 Å². The average molecular weight is 592 g/mol. The second-order valence-electron chi connectivity index (χ2n) is 10.6. The molecule has 0 aliphatic carbocycles. The lowest BCUT2D eigenvalue weighted by molar-refractivity contribution is -0.149. The van der Waals surface area contributed by atoms with Crippen LogP contribution < -0.4 is 9.80 Å². The Labute approximate surface area is 251 Å². The van der Waals surface area contributed by atoms with Gasteiger partial charge in [-0.1, -0.05) is 43.0 Å². The number of carbonyl (C=O) groups is 2. The summed E-state index contributed by atoms with van der Waals surface area (Å²) < 4.78 is 19.5. The van der Waals surface area contributed by atoms with Crippen molar-refractivity contribution in [2.24, 2.45) is 5.92 Å². The summed E-state index contributed by atoms with van der Waals surface area (Å²) in [6, 6.07) is 16.6. The minimum absolute atomic E-state index is 0.0584. The van der Waals surface area contributed by atoms with Crippen molar-refractivity contribution in [3.8, 4) is 0 Å². The maximum atomic E-state index is 14.3. The molecule has 2 aromatic carbocycles. The number of esters is 1. The van der Waals surface area contributed by atoms with Gasteiger partial charge in [0.1, 0.15) is 11.6 Å². The molecule has 2 aliphatic heterocycles. The van der Waals surface area contributed by atoms with E-state index < -0.39 is 0 Å². The quantitative estimate of drug-likeness (QED) is 0.191. The van der Waals surface area contributed by atoms with E-state index in [1.807, 2.05) is 42.5 Å². The first kappa shape index (κ1) is 29.8. The number of hydrogen-bond donors (Lipinski definition) is 0. The summed E-state index contributed by atoms with van der Waals surface area (Å²) in [4.78, 5) is 41.3. The standard InChI is InChI=1S/C32H38FN5O3S/c1-3-26-20-29(37-17-15-36(16-18-37)28-13-6-5-12-27(28)33)35-32(34-26)42-22-23-9-7-10-24(19-23)30(39)38-14-8-11-25(21-38)31(40)41-4-2/h5-7,9-10,12-13,19-20,25H,3-4,8,11,14-18,21-22H2,1-2H3/t25-/m1/s1. The third-order valence-electron chi connectivity index (χ3n) is 7.77. The Morgan fingerprint density at radius 1 is 0.976 bits per heavy atom. The number of halogens is 1. The Hall–Kier alpha value is -3.66. The van der Waals surface area contributed by atoms with Gasteiger partial charge in [-0.25, -0.2) is 14.4 Å². The summed E-state index contributed by atoms with van der Waals surface area (Å²) in [7, 11) is 0. The molecule has 222 valence electrons. The zero-order chi connectivity index (χ0) is 29.5. The zero-order valence-electron chi connectivity index (χ0n) is 24.3. The number of piperazine rings is 1. The summed E-state index contributed by atoms with van der Waals surface area (Å²) in [5.41, 5.74) is 3.25. The van der Waals surface area contributed by atoms with Crippen molar-refractivity contribution in [1.29, 1.82) is 0 Å². The number of para-hydroxylation sites is 1. The normalized spacial score (nSPS) is 17.3. The minimum Gasteiger partial charge on any atom is -0.466 e.